The Labute approximate surface area is 161 Å². The van der Waals surface area contributed by atoms with Gasteiger partial charge < -0.3 is 5.32 Å². The van der Waals surface area contributed by atoms with E-state index < -0.39 is 10.0 Å². The normalized spacial score (nSPS) is 14.9. The second-order valence-corrected chi connectivity index (χ2v) is 9.19. The summed E-state index contributed by atoms with van der Waals surface area (Å²) in [6.45, 7) is 1.95. The smallest absolute Gasteiger partial charge is 0.253 e. The van der Waals surface area contributed by atoms with E-state index in [1.165, 1.54) is 31.0 Å². The van der Waals surface area contributed by atoms with Gasteiger partial charge in [0.1, 0.15) is 0 Å². The summed E-state index contributed by atoms with van der Waals surface area (Å²) < 4.78 is 24.9. The van der Waals surface area contributed by atoms with Gasteiger partial charge in [-0.1, -0.05) is 30.3 Å². The molecule has 144 valence electrons. The summed E-state index contributed by atoms with van der Waals surface area (Å²) in [7, 11) is -2.00. The fourth-order valence-corrected chi connectivity index (χ4v) is 4.02. The topological polar surface area (TPSA) is 66.5 Å². The molecular formula is C21H26N2O3S. The lowest BCUT2D eigenvalue weighted by Gasteiger charge is -2.22. The Kier molecular flexibility index (Phi) is 5.56. The van der Waals surface area contributed by atoms with Crippen LogP contribution in [-0.2, 0) is 22.9 Å². The number of hydrogen-bond acceptors (Lipinski definition) is 3. The number of sulfonamides is 1. The van der Waals surface area contributed by atoms with Crippen molar-refractivity contribution in [3.05, 3.63) is 64.7 Å². The highest BCUT2D eigenvalue weighted by atomic mass is 32.2. The number of benzene rings is 2. The lowest BCUT2D eigenvalue weighted by molar-refractivity contribution is 0.0940. The maximum Gasteiger partial charge on any atom is 0.253 e. The number of aryl methyl sites for hydroxylation is 2. The van der Waals surface area contributed by atoms with Crippen molar-refractivity contribution < 1.29 is 13.2 Å². The molecule has 0 heterocycles. The molecule has 1 N–H and O–H groups in total. The molecule has 1 aliphatic carbocycles. The number of carbonyl (C=O) groups excluding carboxylic acids is 1. The van der Waals surface area contributed by atoms with Crippen LogP contribution < -0.4 is 9.62 Å². The molecule has 2 aromatic rings. The molecule has 1 amide bonds. The first-order valence-corrected chi connectivity index (χ1v) is 11.1. The summed E-state index contributed by atoms with van der Waals surface area (Å²) in [5.41, 5.74) is 4.56. The van der Waals surface area contributed by atoms with Crippen LogP contribution in [0, 0.1) is 0 Å². The van der Waals surface area contributed by atoms with Gasteiger partial charge in [0.05, 0.1) is 23.5 Å². The van der Waals surface area contributed by atoms with E-state index in [0.29, 0.717) is 11.3 Å². The quantitative estimate of drug-likeness (QED) is 0.856. The lowest BCUT2D eigenvalue weighted by Crippen LogP contribution is -2.31. The monoisotopic (exact) mass is 386 g/mol. The van der Waals surface area contributed by atoms with Crippen LogP contribution in [-0.4, -0.2) is 27.6 Å². The molecule has 0 saturated carbocycles. The number of para-hydroxylation sites is 1. The van der Waals surface area contributed by atoms with Crippen LogP contribution in [0.5, 0.6) is 0 Å². The number of hydrogen-bond donors (Lipinski definition) is 1. The molecule has 0 fully saturated rings. The summed E-state index contributed by atoms with van der Waals surface area (Å²) in [6.07, 6.45) is 5.79. The van der Waals surface area contributed by atoms with Gasteiger partial charge in [0.15, 0.2) is 0 Å². The summed E-state index contributed by atoms with van der Waals surface area (Å²) in [5.74, 6) is -0.286. The maximum atomic E-state index is 12.8. The van der Waals surface area contributed by atoms with Crippen LogP contribution >= 0.6 is 0 Å². The average Bonchev–Trinajstić information content (AvgIpc) is 2.66. The van der Waals surface area contributed by atoms with E-state index in [-0.39, 0.29) is 11.9 Å². The van der Waals surface area contributed by atoms with E-state index >= 15 is 0 Å². The first-order valence-electron chi connectivity index (χ1n) is 9.23. The van der Waals surface area contributed by atoms with Gasteiger partial charge in [0.25, 0.3) is 5.91 Å². The third-order valence-electron chi connectivity index (χ3n) is 5.21. The molecule has 0 bridgehead atoms. The summed E-state index contributed by atoms with van der Waals surface area (Å²) in [4.78, 5) is 12.8. The molecule has 0 spiro atoms. The van der Waals surface area contributed by atoms with Gasteiger partial charge >= 0.3 is 0 Å². The molecule has 6 heteroatoms. The predicted molar refractivity (Wildman–Crippen MR) is 109 cm³/mol. The fourth-order valence-electron chi connectivity index (χ4n) is 3.50. The SMILES string of the molecule is C[C@H](NC(=O)c1ccccc1N(C)S(C)(=O)=O)c1ccc2c(c1)CCCC2. The lowest BCUT2D eigenvalue weighted by atomic mass is 9.89. The van der Waals surface area contributed by atoms with E-state index in [1.54, 1.807) is 24.3 Å². The first-order chi connectivity index (χ1) is 12.8. The van der Waals surface area contributed by atoms with Crippen molar-refractivity contribution >= 4 is 21.6 Å². The van der Waals surface area contributed by atoms with Crippen LogP contribution in [0.25, 0.3) is 0 Å². The van der Waals surface area contributed by atoms with E-state index in [4.69, 9.17) is 0 Å². The Morgan fingerprint density at radius 1 is 1.07 bits per heavy atom. The van der Waals surface area contributed by atoms with Crippen LogP contribution in [0.15, 0.2) is 42.5 Å². The van der Waals surface area contributed by atoms with Gasteiger partial charge in [0, 0.05) is 7.05 Å². The van der Waals surface area contributed by atoms with E-state index in [0.717, 1.165) is 29.0 Å². The highest BCUT2D eigenvalue weighted by molar-refractivity contribution is 7.92. The Morgan fingerprint density at radius 2 is 1.74 bits per heavy atom. The number of rotatable bonds is 5. The second-order valence-electron chi connectivity index (χ2n) is 7.18. The zero-order valence-electron chi connectivity index (χ0n) is 16.0. The number of nitrogens with zero attached hydrogens (tertiary/aromatic N) is 1. The molecule has 0 unspecified atom stereocenters. The predicted octanol–water partition coefficient (Wildman–Crippen LogP) is 3.45. The minimum absolute atomic E-state index is 0.165. The number of anilines is 1. The Hall–Kier alpha value is -2.34. The Bertz CT molecular complexity index is 954. The summed E-state index contributed by atoms with van der Waals surface area (Å²) in [6, 6.07) is 13.0. The van der Waals surface area contributed by atoms with Crippen LogP contribution in [0.2, 0.25) is 0 Å². The Balaban J connectivity index is 1.82. The minimum Gasteiger partial charge on any atom is -0.345 e. The van der Waals surface area contributed by atoms with Gasteiger partial charge in [0.2, 0.25) is 10.0 Å². The largest absolute Gasteiger partial charge is 0.345 e. The molecule has 27 heavy (non-hydrogen) atoms. The zero-order chi connectivity index (χ0) is 19.6. The molecule has 0 aliphatic heterocycles. The highest BCUT2D eigenvalue weighted by Crippen LogP contribution is 2.26. The van der Waals surface area contributed by atoms with Crippen LogP contribution in [0.4, 0.5) is 5.69 Å². The van der Waals surface area contributed by atoms with Gasteiger partial charge in [-0.2, -0.15) is 0 Å². The van der Waals surface area contributed by atoms with Gasteiger partial charge in [-0.3, -0.25) is 9.10 Å². The van der Waals surface area contributed by atoms with Crippen LogP contribution in [0.3, 0.4) is 0 Å². The third kappa shape index (κ3) is 4.33. The number of amides is 1. The molecule has 0 saturated heterocycles. The number of nitrogens with one attached hydrogen (secondary N) is 1. The van der Waals surface area contributed by atoms with E-state index in [1.807, 2.05) is 6.92 Å². The van der Waals surface area contributed by atoms with Gasteiger partial charge in [-0.25, -0.2) is 8.42 Å². The molecule has 5 nitrogen and oxygen atoms in total. The number of carbonyl (C=O) groups is 1. The molecule has 1 atom stereocenters. The van der Waals surface area contributed by atoms with Crippen molar-refractivity contribution in [2.45, 2.75) is 38.6 Å². The Morgan fingerprint density at radius 3 is 2.44 bits per heavy atom. The van der Waals surface area contributed by atoms with Gasteiger partial charge in [-0.05, 0) is 61.4 Å². The summed E-state index contributed by atoms with van der Waals surface area (Å²) >= 11 is 0. The van der Waals surface area contributed by atoms with Crippen molar-refractivity contribution in [1.29, 1.82) is 0 Å². The van der Waals surface area contributed by atoms with Crippen molar-refractivity contribution in [2.24, 2.45) is 0 Å². The molecule has 2 aromatic carbocycles. The maximum absolute atomic E-state index is 12.8. The second kappa shape index (κ2) is 7.72. The summed E-state index contributed by atoms with van der Waals surface area (Å²) in [5, 5.41) is 3.01. The van der Waals surface area contributed by atoms with Crippen molar-refractivity contribution in [3.8, 4) is 0 Å². The third-order valence-corrected chi connectivity index (χ3v) is 6.40. The molecule has 0 radical (unpaired) electrons. The first kappa shape index (κ1) is 19.4. The molecule has 1 aliphatic rings. The minimum atomic E-state index is -3.45. The van der Waals surface area contributed by atoms with Gasteiger partial charge in [-0.15, -0.1) is 0 Å². The van der Waals surface area contributed by atoms with Crippen molar-refractivity contribution in [2.75, 3.05) is 17.6 Å². The van der Waals surface area contributed by atoms with Crippen molar-refractivity contribution in [3.63, 3.8) is 0 Å². The van der Waals surface area contributed by atoms with Crippen molar-refractivity contribution in [1.82, 2.24) is 5.32 Å². The van der Waals surface area contributed by atoms with E-state index in [2.05, 4.69) is 23.5 Å². The average molecular weight is 387 g/mol. The van der Waals surface area contributed by atoms with Crippen LogP contribution in [0.1, 0.15) is 52.9 Å². The number of fused-ring (bicyclic) bond motifs is 1. The zero-order valence-corrected chi connectivity index (χ0v) is 16.8. The molecular weight excluding hydrogens is 360 g/mol. The highest BCUT2D eigenvalue weighted by Gasteiger charge is 2.21. The molecule has 3 rings (SSSR count). The standard InChI is InChI=1S/C21H26N2O3S/c1-15(17-13-12-16-8-4-5-9-18(16)14-17)22-21(24)19-10-6-7-11-20(19)23(2)27(3,25)26/h6-7,10-15H,4-5,8-9H2,1-3H3,(H,22,24)/t15-/m0/s1. The fraction of sp³-hybridized carbons (Fsp3) is 0.381. The molecule has 0 aromatic heterocycles. The van der Waals surface area contributed by atoms with E-state index in [9.17, 15) is 13.2 Å².